The van der Waals surface area contributed by atoms with Gasteiger partial charge >= 0.3 is 17.1 Å². The van der Waals surface area contributed by atoms with E-state index in [4.69, 9.17) is 0 Å². The molecule has 22 heavy (non-hydrogen) atoms. The molecule has 0 rings (SSSR count). The van der Waals surface area contributed by atoms with Crippen molar-refractivity contribution in [1.82, 2.24) is 16.8 Å². The fourth-order valence-electron chi connectivity index (χ4n) is 1.30. The maximum Gasteiger partial charge on any atom is 5.00 e. The van der Waals surface area contributed by atoms with E-state index < -0.39 is 48.8 Å². The quantitative estimate of drug-likeness (QED) is 0.233. The minimum atomic E-state index is -1.65. The molecule has 0 aliphatic carbocycles. The maximum absolute atomic E-state index is 10.5. The van der Waals surface area contributed by atoms with Crippen LogP contribution in [0.25, 0.3) is 0 Å². The van der Waals surface area contributed by atoms with E-state index >= 15 is 0 Å². The molecule has 0 aliphatic rings. The van der Waals surface area contributed by atoms with Crippen molar-refractivity contribution in [2.24, 2.45) is 0 Å². The molecule has 11 nitrogen and oxygen atoms in total. The van der Waals surface area contributed by atoms with Gasteiger partial charge < -0.3 is 56.4 Å². The number of carboxylic acid groups (broad SMARTS) is 4. The number of carbonyl (C=O) groups is 4. The molecule has 2 atom stereocenters. The summed E-state index contributed by atoms with van der Waals surface area (Å²) in [5, 5.41) is 46.1. The molecule has 0 aromatic carbocycles. The Hall–Kier alpha value is -1.72. The van der Waals surface area contributed by atoms with Gasteiger partial charge in [-0.2, -0.15) is 0 Å². The third kappa shape index (κ3) is 12.1. The molecule has 0 saturated heterocycles. The first-order chi connectivity index (χ1) is 9.23. The van der Waals surface area contributed by atoms with Crippen LogP contribution in [0.4, 0.5) is 0 Å². The Morgan fingerprint density at radius 3 is 1.18 bits per heavy atom. The van der Waals surface area contributed by atoms with Crippen LogP contribution in [0.3, 0.4) is 0 Å². The summed E-state index contributed by atoms with van der Waals surface area (Å²) in [7, 11) is 0. The molecule has 0 saturated carbocycles. The number of aliphatic carboxylic acids is 4. The predicted octanol–water partition coefficient (Wildman–Crippen LogP) is -6.94. The van der Waals surface area contributed by atoms with Gasteiger partial charge in [0.2, 0.25) is 0 Å². The van der Waals surface area contributed by atoms with E-state index in [1.54, 1.807) is 0 Å². The molecule has 0 unspecified atom stereocenters. The molecular weight excluding hydrogens is 346 g/mol. The van der Waals surface area contributed by atoms with Crippen molar-refractivity contribution in [1.29, 1.82) is 0 Å². The van der Waals surface area contributed by atoms with E-state index in [-0.39, 0.29) is 36.3 Å². The number of rotatable bonds is 11. The van der Waals surface area contributed by atoms with Gasteiger partial charge in [0.1, 0.15) is 0 Å². The number of hydrogen-bond donors (Lipinski definition) is 3. The number of hydrogen-bond acceptors (Lipinski definition) is 10. The first kappa shape index (κ1) is 25.2. The monoisotopic (exact) mass is 362 g/mol. The van der Waals surface area contributed by atoms with Crippen LogP contribution in [0.5, 0.6) is 0 Å². The maximum atomic E-state index is 10.5. The van der Waals surface area contributed by atoms with E-state index in [2.05, 4.69) is 10.6 Å². The average molecular weight is 362 g/mol. The standard InChI is InChI=1S/C10H16N2O8.Fe.H3N/c13-7(14)3-5(9(17)18)11-1-2-12-6(10(19)20)4-8(15)16;;/h5-6,11-12H,1-4H2,(H,13,14)(H,15,16)(H,17,18)(H,19,20);;1H3/q;+5;/p-3/t5-,6-;;/m0../s1. The van der Waals surface area contributed by atoms with Crippen LogP contribution in [0.2, 0.25) is 0 Å². The molecule has 0 aliphatic heterocycles. The van der Waals surface area contributed by atoms with Crippen molar-refractivity contribution in [2.75, 3.05) is 13.1 Å². The summed E-state index contributed by atoms with van der Waals surface area (Å²) in [4.78, 5) is 41.6. The molecule has 0 aromatic rings. The zero-order valence-corrected chi connectivity index (χ0v) is 12.7. The van der Waals surface area contributed by atoms with Gasteiger partial charge in [-0.05, 0) is 0 Å². The van der Waals surface area contributed by atoms with E-state index in [1.807, 2.05) is 0 Å². The van der Waals surface area contributed by atoms with Crippen LogP contribution in [0.1, 0.15) is 12.8 Å². The SMILES string of the molecule is O=C([O-])C[C@H](NCCN[C@@H](CC(=O)[O-])C(=O)[O-])C(=O)[O-].[Fe+5].[NH4+]. The number of quaternary nitrogens is 1. The Kier molecular flexibility index (Phi) is 14.9. The van der Waals surface area contributed by atoms with Crippen LogP contribution >= 0.6 is 0 Å². The van der Waals surface area contributed by atoms with Gasteiger partial charge in [0.15, 0.2) is 0 Å². The smallest absolute Gasteiger partial charge is 0.550 e. The van der Waals surface area contributed by atoms with Crippen molar-refractivity contribution in [3.8, 4) is 0 Å². The number of nitrogens with one attached hydrogen (secondary N) is 2. The molecule has 0 amide bonds. The van der Waals surface area contributed by atoms with E-state index in [1.165, 1.54) is 0 Å². The summed E-state index contributed by atoms with van der Waals surface area (Å²) in [5.41, 5.74) is 0. The Bertz CT molecular complexity index is 356. The van der Waals surface area contributed by atoms with Gasteiger partial charge in [0, 0.05) is 37.9 Å². The Morgan fingerprint density at radius 2 is 1.00 bits per heavy atom. The van der Waals surface area contributed by atoms with Crippen LogP contribution in [-0.4, -0.2) is 49.1 Å². The largest absolute Gasteiger partial charge is 5.00 e. The van der Waals surface area contributed by atoms with E-state index in [0.717, 1.165) is 0 Å². The van der Waals surface area contributed by atoms with Crippen LogP contribution < -0.4 is 37.2 Å². The molecule has 0 bridgehead atoms. The van der Waals surface area contributed by atoms with Gasteiger partial charge in [-0.3, -0.25) is 0 Å². The molecule has 0 aromatic heterocycles. The molecule has 6 N–H and O–H groups in total. The molecule has 0 fully saturated rings. The fourth-order valence-corrected chi connectivity index (χ4v) is 1.30. The Balaban J connectivity index is -0.00000180. The topological polar surface area (TPSA) is 221 Å². The van der Waals surface area contributed by atoms with Gasteiger partial charge in [0.05, 0.1) is 24.0 Å². The molecule has 125 valence electrons. The fraction of sp³-hybridized carbons (Fsp3) is 0.600. The third-order valence-corrected chi connectivity index (χ3v) is 2.22. The number of carboxylic acids is 4. The summed E-state index contributed by atoms with van der Waals surface area (Å²) in [6, 6.07) is -2.99. The first-order valence-electron chi connectivity index (χ1n) is 5.52. The second kappa shape index (κ2) is 13.0. The van der Waals surface area contributed by atoms with Crippen molar-refractivity contribution in [3.63, 3.8) is 0 Å². The van der Waals surface area contributed by atoms with Crippen molar-refractivity contribution >= 4 is 23.9 Å². The van der Waals surface area contributed by atoms with Crippen molar-refractivity contribution in [2.45, 2.75) is 24.9 Å². The summed E-state index contributed by atoms with van der Waals surface area (Å²) in [6.45, 7) is -0.272. The van der Waals surface area contributed by atoms with Crippen molar-refractivity contribution in [3.05, 3.63) is 0 Å². The molecule has 1 radical (unpaired) electrons. The minimum Gasteiger partial charge on any atom is -0.550 e. The van der Waals surface area contributed by atoms with E-state index in [0.29, 0.717) is 0 Å². The van der Waals surface area contributed by atoms with Crippen LogP contribution in [-0.2, 0) is 36.2 Å². The van der Waals surface area contributed by atoms with E-state index in [9.17, 15) is 39.6 Å². The number of carbonyl (C=O) groups excluding carboxylic acids is 4. The van der Waals surface area contributed by atoms with Crippen LogP contribution in [0, 0.1) is 0 Å². The summed E-state index contributed by atoms with van der Waals surface area (Å²) < 4.78 is 0. The summed E-state index contributed by atoms with van der Waals surface area (Å²) in [6.07, 6.45) is -1.63. The second-order valence-electron chi connectivity index (χ2n) is 3.80. The minimum absolute atomic E-state index is 0. The first-order valence-corrected chi connectivity index (χ1v) is 5.52. The zero-order chi connectivity index (χ0) is 15.7. The Morgan fingerprint density at radius 1 is 0.727 bits per heavy atom. The average Bonchev–Trinajstić information content (AvgIpc) is 2.29. The van der Waals surface area contributed by atoms with Gasteiger partial charge in [-0.15, -0.1) is 0 Å². The molecule has 12 heteroatoms. The van der Waals surface area contributed by atoms with Crippen LogP contribution in [0.15, 0.2) is 0 Å². The third-order valence-electron chi connectivity index (χ3n) is 2.22. The predicted molar refractivity (Wildman–Crippen MR) is 58.8 cm³/mol. The van der Waals surface area contributed by atoms with Gasteiger partial charge in [0.25, 0.3) is 0 Å². The molecule has 0 heterocycles. The molecular formula is C10H16FeN3O8+2. The molecule has 0 spiro atoms. The van der Waals surface area contributed by atoms with Gasteiger partial charge in [-0.25, -0.2) is 0 Å². The zero-order valence-electron chi connectivity index (χ0n) is 11.6. The van der Waals surface area contributed by atoms with Crippen molar-refractivity contribution < 1.29 is 56.7 Å². The normalized spacial score (nSPS) is 12.2. The summed E-state index contributed by atoms with van der Waals surface area (Å²) in [5.74, 6) is -6.49. The Labute approximate surface area is 136 Å². The second-order valence-corrected chi connectivity index (χ2v) is 3.80. The summed E-state index contributed by atoms with van der Waals surface area (Å²) >= 11 is 0. The van der Waals surface area contributed by atoms with Gasteiger partial charge in [-0.1, -0.05) is 0 Å².